The zero-order chi connectivity index (χ0) is 23.6. The number of halogens is 1. The molecule has 11 heteroatoms. The predicted molar refractivity (Wildman–Crippen MR) is 126 cm³/mol. The molecule has 2 aromatic carbocycles. The molecule has 4 rings (SSSR count). The van der Waals surface area contributed by atoms with Crippen molar-refractivity contribution in [2.75, 3.05) is 18.5 Å². The molecule has 0 bridgehead atoms. The molecule has 0 N–H and O–H groups in total. The Balaban J connectivity index is 1.84. The third-order valence-corrected chi connectivity index (χ3v) is 7.90. The van der Waals surface area contributed by atoms with Gasteiger partial charge in [0, 0.05) is 40.2 Å². The average Bonchev–Trinajstić information content (AvgIpc) is 3.37. The number of rotatable bonds is 7. The normalized spacial score (nSPS) is 11.2. The number of sulfonamides is 1. The molecule has 0 aliphatic rings. The van der Waals surface area contributed by atoms with Crippen LogP contribution in [0.3, 0.4) is 0 Å². The number of aromatic nitrogens is 2. The maximum absolute atomic E-state index is 13.8. The van der Waals surface area contributed by atoms with Gasteiger partial charge in [0.05, 0.1) is 31.2 Å². The van der Waals surface area contributed by atoms with Gasteiger partial charge in [0.1, 0.15) is 22.7 Å². The fourth-order valence-corrected chi connectivity index (χ4v) is 5.80. The Morgan fingerprint density at radius 1 is 1.12 bits per heavy atom. The molecule has 0 amide bonds. The Hall–Kier alpha value is -3.39. The van der Waals surface area contributed by atoms with Crippen LogP contribution in [0.2, 0.25) is 5.15 Å². The second kappa shape index (κ2) is 9.23. The maximum Gasteiger partial charge on any atom is 0.266 e. The van der Waals surface area contributed by atoms with Gasteiger partial charge < -0.3 is 9.47 Å². The molecule has 0 saturated carbocycles. The second-order valence-electron chi connectivity index (χ2n) is 6.79. The molecule has 168 valence electrons. The highest BCUT2D eigenvalue weighted by atomic mass is 35.5. The van der Waals surface area contributed by atoms with E-state index < -0.39 is 10.0 Å². The zero-order valence-electron chi connectivity index (χ0n) is 17.5. The van der Waals surface area contributed by atoms with Crippen molar-refractivity contribution >= 4 is 48.9 Å². The third-order valence-electron chi connectivity index (χ3n) is 4.96. The van der Waals surface area contributed by atoms with Crippen LogP contribution >= 0.6 is 22.9 Å². The summed E-state index contributed by atoms with van der Waals surface area (Å²) in [5.74, 6) is 1.07. The van der Waals surface area contributed by atoms with Crippen molar-refractivity contribution in [3.8, 4) is 17.6 Å². The molecule has 0 saturated heterocycles. The lowest BCUT2D eigenvalue weighted by Crippen LogP contribution is -2.30. The van der Waals surface area contributed by atoms with Crippen LogP contribution in [-0.2, 0) is 16.6 Å². The number of methoxy groups -OCH3 is 2. The Morgan fingerprint density at radius 3 is 2.61 bits per heavy atom. The summed E-state index contributed by atoms with van der Waals surface area (Å²) in [4.78, 5) is 8.20. The molecular formula is C22H17ClN4O4S2. The molecule has 0 fully saturated rings. The summed E-state index contributed by atoms with van der Waals surface area (Å²) in [7, 11) is -1.03. The molecule has 8 nitrogen and oxygen atoms in total. The van der Waals surface area contributed by atoms with E-state index in [1.54, 1.807) is 29.6 Å². The van der Waals surface area contributed by atoms with Gasteiger partial charge in [-0.25, -0.2) is 22.7 Å². The van der Waals surface area contributed by atoms with Crippen molar-refractivity contribution in [1.82, 2.24) is 9.97 Å². The van der Waals surface area contributed by atoms with Crippen LogP contribution in [0.15, 0.2) is 59.1 Å². The fraction of sp³-hybridized carbons (Fsp3) is 0.136. The number of hydrogen-bond donors (Lipinski definition) is 0. The summed E-state index contributed by atoms with van der Waals surface area (Å²) in [6.45, 7) is -0.0245. The minimum atomic E-state index is -4.07. The molecule has 2 heterocycles. The monoisotopic (exact) mass is 500 g/mol. The number of hydrogen-bond acceptors (Lipinski definition) is 8. The SMILES string of the molecule is COc1ccc(CN(c2nccs2)S(=O)(=O)c2ccc3c(Cl)ncc(C#N)c3c2)c(OC)c1. The van der Waals surface area contributed by atoms with E-state index in [4.69, 9.17) is 21.1 Å². The summed E-state index contributed by atoms with van der Waals surface area (Å²) < 4.78 is 39.5. The lowest BCUT2D eigenvalue weighted by molar-refractivity contribution is 0.391. The fourth-order valence-electron chi connectivity index (χ4n) is 3.29. The number of anilines is 1. The van der Waals surface area contributed by atoms with Crippen LogP contribution in [-0.4, -0.2) is 32.6 Å². The maximum atomic E-state index is 13.8. The standard InChI is InChI=1S/C22H17ClN4O4S2/c1-30-16-4-3-14(20(9-16)31-2)13-27(22-25-7-8-32-22)33(28,29)17-5-6-18-19(10-17)15(11-24)12-26-21(18)23/h3-10,12H,13H2,1-2H3. The number of thiazole rings is 1. The molecular weight excluding hydrogens is 484 g/mol. The number of fused-ring (bicyclic) bond motifs is 1. The first-order valence-electron chi connectivity index (χ1n) is 9.50. The molecule has 0 radical (unpaired) electrons. The first-order chi connectivity index (χ1) is 15.9. The van der Waals surface area contributed by atoms with E-state index in [0.717, 1.165) is 0 Å². The molecule has 4 aromatic rings. The number of nitriles is 1. The summed E-state index contributed by atoms with van der Waals surface area (Å²) in [6, 6.07) is 11.6. The van der Waals surface area contributed by atoms with Gasteiger partial charge in [-0.1, -0.05) is 11.6 Å². The van der Waals surface area contributed by atoms with Gasteiger partial charge in [0.15, 0.2) is 5.13 Å². The highest BCUT2D eigenvalue weighted by molar-refractivity contribution is 7.93. The van der Waals surface area contributed by atoms with Crippen LogP contribution in [0, 0.1) is 11.3 Å². The number of pyridine rings is 1. The largest absolute Gasteiger partial charge is 0.497 e. The Morgan fingerprint density at radius 2 is 1.94 bits per heavy atom. The molecule has 0 spiro atoms. The molecule has 0 unspecified atom stereocenters. The number of nitrogens with zero attached hydrogens (tertiary/aromatic N) is 4. The van der Waals surface area contributed by atoms with E-state index in [9.17, 15) is 13.7 Å². The molecule has 0 atom stereocenters. The highest BCUT2D eigenvalue weighted by Gasteiger charge is 2.29. The summed E-state index contributed by atoms with van der Waals surface area (Å²) >= 11 is 7.34. The van der Waals surface area contributed by atoms with Crippen molar-refractivity contribution in [3.05, 3.63) is 70.5 Å². The zero-order valence-corrected chi connectivity index (χ0v) is 19.9. The van der Waals surface area contributed by atoms with Crippen LogP contribution in [0.1, 0.15) is 11.1 Å². The number of ether oxygens (including phenoxy) is 2. The van der Waals surface area contributed by atoms with E-state index >= 15 is 0 Å². The van der Waals surface area contributed by atoms with Gasteiger partial charge in [-0.05, 0) is 30.3 Å². The van der Waals surface area contributed by atoms with Crippen LogP contribution in [0.5, 0.6) is 11.5 Å². The van der Waals surface area contributed by atoms with Crippen molar-refractivity contribution in [1.29, 1.82) is 5.26 Å². The number of benzene rings is 2. The Kier molecular flexibility index (Phi) is 6.37. The molecule has 33 heavy (non-hydrogen) atoms. The van der Waals surface area contributed by atoms with E-state index in [1.807, 2.05) is 6.07 Å². The van der Waals surface area contributed by atoms with Gasteiger partial charge >= 0.3 is 0 Å². The lowest BCUT2D eigenvalue weighted by atomic mass is 10.1. The predicted octanol–water partition coefficient (Wildman–Crippen LogP) is 4.63. The molecule has 0 aliphatic heterocycles. The minimum absolute atomic E-state index is 0.00329. The van der Waals surface area contributed by atoms with E-state index in [2.05, 4.69) is 9.97 Å². The highest BCUT2D eigenvalue weighted by Crippen LogP contribution is 2.34. The van der Waals surface area contributed by atoms with Crippen LogP contribution in [0.25, 0.3) is 10.8 Å². The lowest BCUT2D eigenvalue weighted by Gasteiger charge is -2.23. The van der Waals surface area contributed by atoms with Gasteiger partial charge in [-0.2, -0.15) is 5.26 Å². The molecule has 2 aromatic heterocycles. The average molecular weight is 501 g/mol. The Labute approximate surface area is 199 Å². The van der Waals surface area contributed by atoms with E-state index in [1.165, 1.54) is 54.4 Å². The Bertz CT molecular complexity index is 1470. The van der Waals surface area contributed by atoms with Crippen molar-refractivity contribution < 1.29 is 17.9 Å². The van der Waals surface area contributed by atoms with Crippen molar-refractivity contribution in [2.45, 2.75) is 11.4 Å². The van der Waals surface area contributed by atoms with Crippen LogP contribution in [0.4, 0.5) is 5.13 Å². The van der Waals surface area contributed by atoms with Crippen LogP contribution < -0.4 is 13.8 Å². The first-order valence-corrected chi connectivity index (χ1v) is 12.2. The summed E-state index contributed by atoms with van der Waals surface area (Å²) in [5, 5.41) is 12.5. The van der Waals surface area contributed by atoms with E-state index in [0.29, 0.717) is 33.0 Å². The van der Waals surface area contributed by atoms with Crippen molar-refractivity contribution in [2.24, 2.45) is 0 Å². The van der Waals surface area contributed by atoms with Gasteiger partial charge in [0.2, 0.25) is 0 Å². The van der Waals surface area contributed by atoms with Crippen molar-refractivity contribution in [3.63, 3.8) is 0 Å². The van der Waals surface area contributed by atoms with Gasteiger partial charge in [-0.3, -0.25) is 0 Å². The quantitative estimate of drug-likeness (QED) is 0.340. The summed E-state index contributed by atoms with van der Waals surface area (Å²) in [6.07, 6.45) is 2.86. The topological polar surface area (TPSA) is 105 Å². The van der Waals surface area contributed by atoms with E-state index in [-0.39, 0.29) is 22.2 Å². The first kappa shape index (κ1) is 22.8. The second-order valence-corrected chi connectivity index (χ2v) is 9.88. The third kappa shape index (κ3) is 4.30. The van der Waals surface area contributed by atoms with Gasteiger partial charge in [0.25, 0.3) is 10.0 Å². The van der Waals surface area contributed by atoms with Gasteiger partial charge in [-0.15, -0.1) is 11.3 Å². The minimum Gasteiger partial charge on any atom is -0.497 e. The molecule has 0 aliphatic carbocycles. The smallest absolute Gasteiger partial charge is 0.266 e. The summed E-state index contributed by atoms with van der Waals surface area (Å²) in [5.41, 5.74) is 0.854.